The van der Waals surface area contributed by atoms with Gasteiger partial charge in [0, 0.05) is 45.8 Å². The van der Waals surface area contributed by atoms with Gasteiger partial charge in [-0.2, -0.15) is 0 Å². The average molecular weight is 511 g/mol. The second-order valence-corrected chi connectivity index (χ2v) is 8.22. The van der Waals surface area contributed by atoms with E-state index >= 15 is 0 Å². The molecule has 0 spiro atoms. The predicted octanol–water partition coefficient (Wildman–Crippen LogP) is 1.36. The Hall–Kier alpha value is -0.160. The van der Waals surface area contributed by atoms with E-state index in [4.69, 9.17) is 9.73 Å². The standard InChI is InChI=1S/C20H41N5O2.HI/c1-4-21-20(22-8-5-9-24-10-6-18(26)7-11-24)23-14-19-16-25(12-13-27-19)15-17(2)3;/h17-19,26H,4-16H2,1-3H3,(H2,21,22,23);1H. The molecule has 0 aromatic carbocycles. The summed E-state index contributed by atoms with van der Waals surface area (Å²) in [5.74, 6) is 1.57. The first kappa shape index (κ1) is 25.9. The maximum atomic E-state index is 9.58. The molecule has 0 aromatic heterocycles. The number of hydrogen-bond donors (Lipinski definition) is 3. The number of aliphatic imine (C=N–C) groups is 1. The number of rotatable bonds is 9. The van der Waals surface area contributed by atoms with E-state index < -0.39 is 0 Å². The van der Waals surface area contributed by atoms with E-state index in [1.165, 1.54) is 0 Å². The van der Waals surface area contributed by atoms with Gasteiger partial charge in [0.2, 0.25) is 0 Å². The Morgan fingerprint density at radius 3 is 2.61 bits per heavy atom. The molecule has 8 heteroatoms. The van der Waals surface area contributed by atoms with Crippen LogP contribution in [0.3, 0.4) is 0 Å². The van der Waals surface area contributed by atoms with Crippen LogP contribution in [0.15, 0.2) is 4.99 Å². The first-order valence-electron chi connectivity index (χ1n) is 10.8. The van der Waals surface area contributed by atoms with Gasteiger partial charge in [-0.25, -0.2) is 0 Å². The van der Waals surface area contributed by atoms with E-state index in [2.05, 4.69) is 41.2 Å². The quantitative estimate of drug-likeness (QED) is 0.188. The van der Waals surface area contributed by atoms with Crippen molar-refractivity contribution in [2.24, 2.45) is 10.9 Å². The number of nitrogens with zero attached hydrogens (tertiary/aromatic N) is 3. The van der Waals surface area contributed by atoms with Gasteiger partial charge in [-0.1, -0.05) is 13.8 Å². The van der Waals surface area contributed by atoms with Crippen molar-refractivity contribution in [3.05, 3.63) is 0 Å². The molecule has 2 rings (SSSR count). The summed E-state index contributed by atoms with van der Waals surface area (Å²) < 4.78 is 5.90. The van der Waals surface area contributed by atoms with Crippen LogP contribution in [0, 0.1) is 5.92 Å². The minimum Gasteiger partial charge on any atom is -0.393 e. The predicted molar refractivity (Wildman–Crippen MR) is 127 cm³/mol. The third kappa shape index (κ3) is 10.6. The van der Waals surface area contributed by atoms with Crippen LogP contribution in [0.2, 0.25) is 0 Å². The normalized spacial score (nSPS) is 22.9. The fraction of sp³-hybridized carbons (Fsp3) is 0.950. The summed E-state index contributed by atoms with van der Waals surface area (Å²) in [5, 5.41) is 16.4. The lowest BCUT2D eigenvalue weighted by Gasteiger charge is -2.33. The smallest absolute Gasteiger partial charge is 0.191 e. The summed E-state index contributed by atoms with van der Waals surface area (Å²) in [6.07, 6.45) is 3.00. The molecule has 7 nitrogen and oxygen atoms in total. The van der Waals surface area contributed by atoms with Gasteiger partial charge in [-0.15, -0.1) is 24.0 Å². The molecule has 0 amide bonds. The monoisotopic (exact) mass is 511 g/mol. The van der Waals surface area contributed by atoms with Crippen LogP contribution in [0.1, 0.15) is 40.0 Å². The van der Waals surface area contributed by atoms with Crippen LogP contribution in [0.25, 0.3) is 0 Å². The molecule has 28 heavy (non-hydrogen) atoms. The highest BCUT2D eigenvalue weighted by molar-refractivity contribution is 14.0. The zero-order valence-corrected chi connectivity index (χ0v) is 20.4. The molecule has 1 atom stereocenters. The van der Waals surface area contributed by atoms with Crippen LogP contribution in [-0.4, -0.2) is 98.6 Å². The molecule has 0 aliphatic carbocycles. The minimum absolute atomic E-state index is 0. The maximum Gasteiger partial charge on any atom is 0.191 e. The van der Waals surface area contributed by atoms with E-state index in [0.717, 1.165) is 84.2 Å². The van der Waals surface area contributed by atoms with Gasteiger partial charge in [0.1, 0.15) is 0 Å². The molecule has 1 unspecified atom stereocenters. The van der Waals surface area contributed by atoms with E-state index in [1.54, 1.807) is 0 Å². The molecule has 3 N–H and O–H groups in total. The van der Waals surface area contributed by atoms with Crippen molar-refractivity contribution in [1.82, 2.24) is 20.4 Å². The number of aliphatic hydroxyl groups is 1. The highest BCUT2D eigenvalue weighted by Gasteiger charge is 2.21. The summed E-state index contributed by atoms with van der Waals surface area (Å²) in [6, 6.07) is 0. The molecule has 2 heterocycles. The van der Waals surface area contributed by atoms with Crippen molar-refractivity contribution < 1.29 is 9.84 Å². The van der Waals surface area contributed by atoms with Crippen LogP contribution in [-0.2, 0) is 4.74 Å². The summed E-state index contributed by atoms with van der Waals surface area (Å²) in [4.78, 5) is 9.67. The topological polar surface area (TPSA) is 72.4 Å². The molecule has 166 valence electrons. The molecule has 2 saturated heterocycles. The number of aliphatic hydroxyl groups excluding tert-OH is 1. The van der Waals surface area contributed by atoms with Gasteiger partial charge in [0.05, 0.1) is 25.4 Å². The average Bonchev–Trinajstić information content (AvgIpc) is 2.64. The van der Waals surface area contributed by atoms with Gasteiger partial charge in [-0.05, 0) is 38.6 Å². The third-order valence-electron chi connectivity index (χ3n) is 5.14. The van der Waals surface area contributed by atoms with E-state index in [1.807, 2.05) is 0 Å². The van der Waals surface area contributed by atoms with Crippen molar-refractivity contribution in [3.8, 4) is 0 Å². The fourth-order valence-corrected chi connectivity index (χ4v) is 3.76. The second kappa shape index (κ2) is 14.8. The Morgan fingerprint density at radius 1 is 1.18 bits per heavy atom. The minimum atomic E-state index is -0.0923. The number of likely N-dealkylation sites (tertiary alicyclic amines) is 1. The SMILES string of the molecule is CCNC(=NCC1CN(CC(C)C)CCO1)NCCCN1CCC(O)CC1.I. The number of morpholine rings is 1. The van der Waals surface area contributed by atoms with Gasteiger partial charge in [0.15, 0.2) is 5.96 Å². The molecular formula is C20H42IN5O2. The lowest BCUT2D eigenvalue weighted by atomic mass is 10.1. The first-order chi connectivity index (χ1) is 13.1. The fourth-order valence-electron chi connectivity index (χ4n) is 3.76. The lowest BCUT2D eigenvalue weighted by molar-refractivity contribution is -0.0261. The third-order valence-corrected chi connectivity index (χ3v) is 5.14. The number of hydrogen-bond acceptors (Lipinski definition) is 5. The van der Waals surface area contributed by atoms with Crippen molar-refractivity contribution in [2.75, 3.05) is 65.5 Å². The lowest BCUT2D eigenvalue weighted by Crippen LogP contribution is -2.46. The van der Waals surface area contributed by atoms with Crippen LogP contribution < -0.4 is 10.6 Å². The Labute approximate surface area is 188 Å². The summed E-state index contributed by atoms with van der Waals surface area (Å²) in [7, 11) is 0. The number of halogens is 1. The summed E-state index contributed by atoms with van der Waals surface area (Å²) >= 11 is 0. The summed E-state index contributed by atoms with van der Waals surface area (Å²) in [6.45, 7) is 16.2. The first-order valence-corrected chi connectivity index (χ1v) is 10.8. The van der Waals surface area contributed by atoms with Crippen LogP contribution >= 0.6 is 24.0 Å². The Balaban J connectivity index is 0.00000392. The highest BCUT2D eigenvalue weighted by Crippen LogP contribution is 2.10. The molecule has 0 bridgehead atoms. The zero-order chi connectivity index (χ0) is 19.5. The highest BCUT2D eigenvalue weighted by atomic mass is 127. The molecule has 2 aliphatic heterocycles. The molecule has 2 fully saturated rings. The number of ether oxygens (including phenoxy) is 1. The number of piperidine rings is 1. The van der Waals surface area contributed by atoms with E-state index in [9.17, 15) is 5.11 Å². The Kier molecular flexibility index (Phi) is 13.6. The second-order valence-electron chi connectivity index (χ2n) is 8.22. The molecule has 0 radical (unpaired) electrons. The van der Waals surface area contributed by atoms with Crippen molar-refractivity contribution in [1.29, 1.82) is 0 Å². The number of guanidine groups is 1. The maximum absolute atomic E-state index is 9.58. The molecule has 0 aromatic rings. The molecule has 0 saturated carbocycles. The largest absolute Gasteiger partial charge is 0.393 e. The van der Waals surface area contributed by atoms with Gasteiger partial charge >= 0.3 is 0 Å². The zero-order valence-electron chi connectivity index (χ0n) is 18.0. The Bertz CT molecular complexity index is 431. The van der Waals surface area contributed by atoms with Crippen LogP contribution in [0.4, 0.5) is 0 Å². The van der Waals surface area contributed by atoms with Gasteiger partial charge in [-0.3, -0.25) is 9.89 Å². The van der Waals surface area contributed by atoms with E-state index in [0.29, 0.717) is 12.5 Å². The summed E-state index contributed by atoms with van der Waals surface area (Å²) in [5.41, 5.74) is 0. The van der Waals surface area contributed by atoms with Crippen LogP contribution in [0.5, 0.6) is 0 Å². The van der Waals surface area contributed by atoms with Crippen molar-refractivity contribution in [2.45, 2.75) is 52.2 Å². The van der Waals surface area contributed by atoms with E-state index in [-0.39, 0.29) is 36.2 Å². The molecular weight excluding hydrogens is 469 g/mol. The molecule has 2 aliphatic rings. The van der Waals surface area contributed by atoms with Crippen molar-refractivity contribution >= 4 is 29.9 Å². The van der Waals surface area contributed by atoms with Gasteiger partial charge in [0.25, 0.3) is 0 Å². The van der Waals surface area contributed by atoms with Gasteiger partial charge < -0.3 is 25.4 Å². The van der Waals surface area contributed by atoms with Crippen molar-refractivity contribution in [3.63, 3.8) is 0 Å². The number of nitrogens with one attached hydrogen (secondary N) is 2. The Morgan fingerprint density at radius 2 is 1.93 bits per heavy atom.